The number of benzene rings is 3. The van der Waals surface area contributed by atoms with Gasteiger partial charge in [0.2, 0.25) is 5.91 Å². The van der Waals surface area contributed by atoms with Crippen LogP contribution in [0.2, 0.25) is 0 Å². The summed E-state index contributed by atoms with van der Waals surface area (Å²) in [4.78, 5) is 39.0. The van der Waals surface area contributed by atoms with E-state index >= 15 is 0 Å². The van der Waals surface area contributed by atoms with Gasteiger partial charge in [-0.15, -0.1) is 0 Å². The normalized spacial score (nSPS) is 14.8. The maximum atomic E-state index is 12.7. The number of esters is 1. The smallest absolute Gasteiger partial charge is 0.311 e. The van der Waals surface area contributed by atoms with Crippen LogP contribution in [0.1, 0.15) is 44.2 Å². The Morgan fingerprint density at radius 1 is 1.00 bits per heavy atom. The molecule has 2 amide bonds. The van der Waals surface area contributed by atoms with Crippen LogP contribution in [-0.4, -0.2) is 37.5 Å². The first-order chi connectivity index (χ1) is 18.7. The Hall–Kier alpha value is -4.33. The minimum absolute atomic E-state index is 0.0264. The van der Waals surface area contributed by atoms with E-state index in [9.17, 15) is 14.4 Å². The van der Waals surface area contributed by atoms with Gasteiger partial charge in [0.1, 0.15) is 17.2 Å². The van der Waals surface area contributed by atoms with Gasteiger partial charge in [-0.2, -0.15) is 0 Å². The third-order valence-electron chi connectivity index (χ3n) is 6.42. The van der Waals surface area contributed by atoms with Crippen molar-refractivity contribution >= 4 is 29.2 Å². The van der Waals surface area contributed by atoms with Crippen molar-refractivity contribution in [2.24, 2.45) is 5.92 Å². The lowest BCUT2D eigenvalue weighted by Crippen LogP contribution is -2.28. The van der Waals surface area contributed by atoms with Crippen molar-refractivity contribution in [2.45, 2.75) is 40.0 Å². The molecule has 3 aromatic rings. The van der Waals surface area contributed by atoms with Crippen LogP contribution in [0.3, 0.4) is 0 Å². The summed E-state index contributed by atoms with van der Waals surface area (Å²) in [5.74, 6) is 0.629. The summed E-state index contributed by atoms with van der Waals surface area (Å²) >= 11 is 0. The van der Waals surface area contributed by atoms with E-state index in [-0.39, 0.29) is 18.9 Å². The molecule has 0 aromatic heterocycles. The molecule has 1 saturated heterocycles. The first-order valence-corrected chi connectivity index (χ1v) is 13.1. The molecule has 1 N–H and O–H groups in total. The predicted octanol–water partition coefficient (Wildman–Crippen LogP) is 5.84. The van der Waals surface area contributed by atoms with E-state index in [1.165, 1.54) is 0 Å². The Kier molecular flexibility index (Phi) is 8.86. The Morgan fingerprint density at radius 3 is 2.36 bits per heavy atom. The molecular weight excluding hydrogens is 496 g/mol. The zero-order chi connectivity index (χ0) is 27.9. The van der Waals surface area contributed by atoms with E-state index in [1.807, 2.05) is 32.0 Å². The second-order valence-electron chi connectivity index (χ2n) is 9.81. The summed E-state index contributed by atoms with van der Waals surface area (Å²) in [6.07, 6.45) is 0.0264. The summed E-state index contributed by atoms with van der Waals surface area (Å²) in [5.41, 5.74) is 3.47. The molecule has 0 unspecified atom stereocenters. The van der Waals surface area contributed by atoms with Gasteiger partial charge in [0.25, 0.3) is 5.91 Å². The van der Waals surface area contributed by atoms with Gasteiger partial charge in [0.05, 0.1) is 12.5 Å². The highest BCUT2D eigenvalue weighted by atomic mass is 16.5. The molecule has 1 aliphatic heterocycles. The van der Waals surface area contributed by atoms with E-state index < -0.39 is 24.4 Å². The number of carbonyl (C=O) groups excluding carboxylic acids is 3. The second kappa shape index (κ2) is 12.5. The molecule has 0 radical (unpaired) electrons. The van der Waals surface area contributed by atoms with Crippen molar-refractivity contribution < 1.29 is 28.6 Å². The van der Waals surface area contributed by atoms with Gasteiger partial charge in [-0.05, 0) is 85.5 Å². The minimum atomic E-state index is -0.646. The number of amides is 2. The third kappa shape index (κ3) is 7.16. The van der Waals surface area contributed by atoms with Crippen LogP contribution in [0.25, 0.3) is 0 Å². The summed E-state index contributed by atoms with van der Waals surface area (Å²) < 4.78 is 16.7. The maximum absolute atomic E-state index is 12.7. The van der Waals surface area contributed by atoms with Crippen molar-refractivity contribution in [2.75, 3.05) is 30.0 Å². The number of aryl methyl sites for hydroxylation is 1. The number of nitrogens with one attached hydrogen (secondary N) is 1. The number of carbonyl (C=O) groups is 3. The number of nitrogens with zero attached hydrogens (tertiary/aromatic N) is 1. The predicted molar refractivity (Wildman–Crippen MR) is 149 cm³/mol. The molecule has 0 aliphatic carbocycles. The van der Waals surface area contributed by atoms with Gasteiger partial charge < -0.3 is 24.4 Å². The Morgan fingerprint density at radius 2 is 1.69 bits per heavy atom. The molecule has 8 nitrogen and oxygen atoms in total. The topological polar surface area (TPSA) is 94.2 Å². The van der Waals surface area contributed by atoms with Gasteiger partial charge in [-0.3, -0.25) is 14.4 Å². The number of hydrogen-bond donors (Lipinski definition) is 1. The number of rotatable bonds is 10. The fourth-order valence-electron chi connectivity index (χ4n) is 4.40. The van der Waals surface area contributed by atoms with Crippen molar-refractivity contribution in [3.05, 3.63) is 77.9 Å². The molecular formula is C31H34N2O6. The number of ether oxygens (including phenoxy) is 3. The molecule has 1 fully saturated rings. The average Bonchev–Trinajstić information content (AvgIpc) is 3.30. The van der Waals surface area contributed by atoms with Crippen molar-refractivity contribution in [1.29, 1.82) is 0 Å². The van der Waals surface area contributed by atoms with Crippen molar-refractivity contribution in [3.8, 4) is 17.2 Å². The fraction of sp³-hybridized carbons (Fsp3) is 0.323. The van der Waals surface area contributed by atoms with Crippen molar-refractivity contribution in [3.63, 3.8) is 0 Å². The molecule has 0 spiro atoms. The van der Waals surface area contributed by atoms with E-state index in [2.05, 4.69) is 31.3 Å². The third-order valence-corrected chi connectivity index (χ3v) is 6.42. The molecule has 204 valence electrons. The molecule has 8 heteroatoms. The lowest BCUT2D eigenvalue weighted by Gasteiger charge is -2.18. The zero-order valence-electron chi connectivity index (χ0n) is 22.7. The Labute approximate surface area is 228 Å². The van der Waals surface area contributed by atoms with Crippen LogP contribution >= 0.6 is 0 Å². The van der Waals surface area contributed by atoms with E-state index in [0.717, 1.165) is 16.9 Å². The molecule has 1 heterocycles. The van der Waals surface area contributed by atoms with Gasteiger partial charge >= 0.3 is 5.97 Å². The van der Waals surface area contributed by atoms with E-state index in [4.69, 9.17) is 14.2 Å². The van der Waals surface area contributed by atoms with Crippen LogP contribution in [0.15, 0.2) is 66.7 Å². The highest BCUT2D eigenvalue weighted by molar-refractivity contribution is 6.00. The Balaban J connectivity index is 1.30. The van der Waals surface area contributed by atoms with E-state index in [0.29, 0.717) is 35.4 Å². The number of anilines is 2. The lowest BCUT2D eigenvalue weighted by atomic mass is 10.0. The summed E-state index contributed by atoms with van der Waals surface area (Å²) in [6.45, 7) is 8.46. The molecule has 1 aliphatic rings. The quantitative estimate of drug-likeness (QED) is 0.331. The van der Waals surface area contributed by atoms with Crippen LogP contribution in [0, 0.1) is 12.8 Å². The standard InChI is InChI=1S/C31H34N2O6/c1-5-37-25-11-7-23(8-12-25)32-29(34)19-38-31(36)22-17-30(35)33(18-22)24-9-13-26(14-10-24)39-28-16-21(4)6-15-27(28)20(2)3/h6-16,20,22H,5,17-19H2,1-4H3,(H,32,34)/t22-/m0/s1. The molecule has 0 saturated carbocycles. The van der Waals surface area contributed by atoms with Gasteiger partial charge in [-0.25, -0.2) is 0 Å². The Bertz CT molecular complexity index is 1320. The first kappa shape index (κ1) is 27.7. The average molecular weight is 531 g/mol. The largest absolute Gasteiger partial charge is 0.494 e. The van der Waals surface area contributed by atoms with Crippen LogP contribution in [0.5, 0.6) is 17.2 Å². The highest BCUT2D eigenvalue weighted by Crippen LogP contribution is 2.33. The molecule has 39 heavy (non-hydrogen) atoms. The van der Waals surface area contributed by atoms with Gasteiger partial charge in [-0.1, -0.05) is 26.0 Å². The van der Waals surface area contributed by atoms with Crippen molar-refractivity contribution in [1.82, 2.24) is 0 Å². The monoisotopic (exact) mass is 530 g/mol. The van der Waals surface area contributed by atoms with Gasteiger partial charge in [0, 0.05) is 24.3 Å². The summed E-state index contributed by atoms with van der Waals surface area (Å²) in [6, 6.07) is 20.3. The SMILES string of the molecule is CCOc1ccc(NC(=O)COC(=O)[C@H]2CC(=O)N(c3ccc(Oc4cc(C)ccc4C(C)C)cc3)C2)cc1. The minimum Gasteiger partial charge on any atom is -0.494 e. The van der Waals surface area contributed by atoms with Crippen LogP contribution < -0.4 is 19.7 Å². The molecule has 3 aromatic carbocycles. The second-order valence-corrected chi connectivity index (χ2v) is 9.81. The lowest BCUT2D eigenvalue weighted by molar-refractivity contribution is -0.151. The van der Waals surface area contributed by atoms with Gasteiger partial charge in [0.15, 0.2) is 6.61 Å². The maximum Gasteiger partial charge on any atom is 0.311 e. The van der Waals surface area contributed by atoms with Crippen LogP contribution in [-0.2, 0) is 19.1 Å². The molecule has 4 rings (SSSR count). The highest BCUT2D eigenvalue weighted by Gasteiger charge is 2.36. The molecule has 0 bridgehead atoms. The summed E-state index contributed by atoms with van der Waals surface area (Å²) in [5, 5.41) is 2.67. The zero-order valence-corrected chi connectivity index (χ0v) is 22.7. The molecule has 1 atom stereocenters. The van der Waals surface area contributed by atoms with E-state index in [1.54, 1.807) is 41.3 Å². The van der Waals surface area contributed by atoms with Crippen LogP contribution in [0.4, 0.5) is 11.4 Å². The number of hydrogen-bond acceptors (Lipinski definition) is 6. The fourth-order valence-corrected chi connectivity index (χ4v) is 4.40. The summed E-state index contributed by atoms with van der Waals surface area (Å²) in [7, 11) is 0. The first-order valence-electron chi connectivity index (χ1n) is 13.1.